The maximum absolute atomic E-state index is 14.5. The quantitative estimate of drug-likeness (QED) is 0.306. The Morgan fingerprint density at radius 2 is 1.63 bits per heavy atom. The molecule has 3 heterocycles. The van der Waals surface area contributed by atoms with E-state index in [1.807, 2.05) is 0 Å². The van der Waals surface area contributed by atoms with Gasteiger partial charge in [0.15, 0.2) is 20.6 Å². The van der Waals surface area contributed by atoms with Crippen molar-refractivity contribution in [1.82, 2.24) is 27.9 Å². The number of rotatable bonds is 9. The van der Waals surface area contributed by atoms with Gasteiger partial charge in [0, 0.05) is 39.7 Å². The van der Waals surface area contributed by atoms with Crippen LogP contribution in [0.5, 0.6) is 5.88 Å². The Bertz CT molecular complexity index is 2430. The van der Waals surface area contributed by atoms with E-state index < -0.39 is 124 Å². The average molecular weight is 892 g/mol. The Kier molecular flexibility index (Phi) is 13.4. The summed E-state index contributed by atoms with van der Waals surface area (Å²) in [7, 11) is -5.86. The molecule has 1 aliphatic rings. The smallest absolute Gasteiger partial charge is 0.417 e. The van der Waals surface area contributed by atoms with Gasteiger partial charge in [0.1, 0.15) is 17.1 Å². The summed E-state index contributed by atoms with van der Waals surface area (Å²) < 4.78 is 174. The zero-order valence-electron chi connectivity index (χ0n) is 30.3. The molecule has 0 saturated heterocycles. The Morgan fingerprint density at radius 3 is 2.11 bits per heavy atom. The highest BCUT2D eigenvalue weighted by atomic mass is 35.5. The summed E-state index contributed by atoms with van der Waals surface area (Å²) in [6.45, 7) is 2.67. The van der Waals surface area contributed by atoms with Crippen LogP contribution in [0.25, 0.3) is 5.69 Å². The third kappa shape index (κ3) is 10.7. The van der Waals surface area contributed by atoms with Gasteiger partial charge in [-0.25, -0.2) is 31.6 Å². The number of halogens is 10. The van der Waals surface area contributed by atoms with E-state index in [0.29, 0.717) is 16.8 Å². The van der Waals surface area contributed by atoms with Gasteiger partial charge in [-0.3, -0.25) is 14.2 Å². The number of aromatic nitrogens is 4. The maximum Gasteiger partial charge on any atom is 0.435 e. The van der Waals surface area contributed by atoms with Crippen LogP contribution in [-0.4, -0.2) is 76.3 Å². The van der Waals surface area contributed by atoms with E-state index in [9.17, 15) is 70.7 Å². The summed E-state index contributed by atoms with van der Waals surface area (Å²) in [5, 5.41) is 5.41. The number of amides is 1. The average Bonchev–Trinajstić information content (AvgIpc) is 3.57. The molecule has 57 heavy (non-hydrogen) atoms. The van der Waals surface area contributed by atoms with Crippen molar-refractivity contribution in [2.45, 2.75) is 70.5 Å². The second kappa shape index (κ2) is 16.3. The molecule has 2 aromatic heterocycles. The van der Waals surface area contributed by atoms with Gasteiger partial charge in [0.25, 0.3) is 11.5 Å². The molecule has 1 amide bonds. The van der Waals surface area contributed by atoms with Crippen molar-refractivity contribution in [3.05, 3.63) is 72.4 Å². The molecule has 1 aromatic carbocycles. The lowest BCUT2D eigenvalue weighted by molar-refractivity contribution is -0.144. The second-order valence-corrected chi connectivity index (χ2v) is 16.9. The number of nitrogens with one attached hydrogen (secondary N) is 1. The Labute approximate surface area is 321 Å². The number of benzene rings is 1. The molecule has 0 bridgehead atoms. The molecule has 0 saturated carbocycles. The lowest BCUT2D eigenvalue weighted by Gasteiger charge is -2.21. The highest BCUT2D eigenvalue weighted by Gasteiger charge is 2.44. The number of hydrogen-bond donors (Lipinski definition) is 1. The standard InChI is InChI=1S/C17H17ClF4N4O5S.C12H14F5N3O4S/c1-8(2)25(4)32(30,31)23-15(28)9-5-12(11(19)6-10(9)18)26-14(27)7-13(17(20,21)22)24(3)16(26)29;1-11(2)4-7(19-24-11)25(21,22)5-6-8(12(15,16)17)18-20(3)9(6)23-10(13)14/h5-8H,1-4H3,(H,23,28);10H,4-5H2,1-3H3. The van der Waals surface area contributed by atoms with Crippen LogP contribution in [0.3, 0.4) is 0 Å². The van der Waals surface area contributed by atoms with Crippen molar-refractivity contribution in [3.8, 4) is 11.6 Å². The fraction of sp³-hybridized carbons (Fsp3) is 0.483. The molecular weight excluding hydrogens is 861 g/mol. The van der Waals surface area contributed by atoms with E-state index in [1.165, 1.54) is 34.7 Å². The molecule has 1 aliphatic heterocycles. The van der Waals surface area contributed by atoms with Crippen molar-refractivity contribution >= 4 is 42.6 Å². The highest BCUT2D eigenvalue weighted by molar-refractivity contribution is 8.05. The molecular formula is C29H31ClF9N7O9S2. The van der Waals surface area contributed by atoms with Gasteiger partial charge in [-0.15, -0.1) is 0 Å². The van der Waals surface area contributed by atoms with E-state index in [1.54, 1.807) is 4.72 Å². The van der Waals surface area contributed by atoms with Gasteiger partial charge in [0.05, 0.1) is 27.6 Å². The molecule has 0 fully saturated rings. The normalized spacial score (nSPS) is 14.7. The minimum absolute atomic E-state index is 0.0619. The minimum atomic E-state index is -5.06. The predicted octanol–water partition coefficient (Wildman–Crippen LogP) is 4.13. The lowest BCUT2D eigenvalue weighted by Crippen LogP contribution is -2.44. The molecule has 0 spiro atoms. The van der Waals surface area contributed by atoms with Gasteiger partial charge in [-0.05, 0) is 39.8 Å². The molecule has 1 N–H and O–H groups in total. The predicted molar refractivity (Wildman–Crippen MR) is 181 cm³/mol. The van der Waals surface area contributed by atoms with Crippen LogP contribution in [0.4, 0.5) is 39.5 Å². The third-order valence-corrected chi connectivity index (χ3v) is 11.2. The number of hydrogen-bond acceptors (Lipinski definition) is 11. The van der Waals surface area contributed by atoms with Crippen molar-refractivity contribution in [2.75, 3.05) is 7.05 Å². The summed E-state index contributed by atoms with van der Waals surface area (Å²) in [6, 6.07) is 0.660. The molecule has 3 aromatic rings. The number of ether oxygens (including phenoxy) is 1. The number of nitrogens with zero attached hydrogens (tertiary/aromatic N) is 6. The van der Waals surface area contributed by atoms with Crippen molar-refractivity contribution in [3.63, 3.8) is 0 Å². The number of aryl methyl sites for hydroxylation is 1. The minimum Gasteiger partial charge on any atom is -0.417 e. The van der Waals surface area contributed by atoms with E-state index >= 15 is 0 Å². The number of carbonyl (C=O) groups is 1. The Hall–Kier alpha value is -4.63. The van der Waals surface area contributed by atoms with Gasteiger partial charge in [-0.2, -0.15) is 52.9 Å². The maximum atomic E-state index is 14.5. The number of alkyl halides is 8. The SMILES string of the molecule is CC(C)N(C)S(=O)(=O)NC(=O)c1cc(-n2c(=O)cc(C(F)(F)F)n(C)c2=O)c(F)cc1Cl.Cn1nc(C(F)(F)F)c(CS(=O)(=O)C2=NOC(C)(C)C2)c1OC(F)F. The first-order valence-electron chi connectivity index (χ1n) is 15.5. The van der Waals surface area contributed by atoms with Gasteiger partial charge < -0.3 is 9.57 Å². The summed E-state index contributed by atoms with van der Waals surface area (Å²) in [4.78, 5) is 42.0. The van der Waals surface area contributed by atoms with Crippen molar-refractivity contribution < 1.29 is 70.7 Å². The van der Waals surface area contributed by atoms with Gasteiger partial charge >= 0.3 is 34.9 Å². The number of carbonyl (C=O) groups excluding carboxylic acids is 1. The summed E-state index contributed by atoms with van der Waals surface area (Å²) in [5.74, 6) is -4.87. The fourth-order valence-corrected chi connectivity index (χ4v) is 7.51. The fourth-order valence-electron chi connectivity index (χ4n) is 4.71. The first-order chi connectivity index (χ1) is 25.7. The highest BCUT2D eigenvalue weighted by Crippen LogP contribution is 2.38. The van der Waals surface area contributed by atoms with Crippen LogP contribution < -0.4 is 20.7 Å². The Balaban J connectivity index is 0.000000315. The van der Waals surface area contributed by atoms with Crippen LogP contribution >= 0.6 is 11.6 Å². The van der Waals surface area contributed by atoms with Crippen LogP contribution in [0.15, 0.2) is 32.9 Å². The third-order valence-electron chi connectivity index (χ3n) is 7.68. The molecule has 0 aliphatic carbocycles. The summed E-state index contributed by atoms with van der Waals surface area (Å²) in [5.41, 5.74) is -9.75. The summed E-state index contributed by atoms with van der Waals surface area (Å²) in [6.07, 6.45) is -10.3. The molecule has 4 rings (SSSR count). The Morgan fingerprint density at radius 1 is 1.05 bits per heavy atom. The number of oxime groups is 1. The zero-order chi connectivity index (χ0) is 44.0. The lowest BCUT2D eigenvalue weighted by atomic mass is 10.1. The van der Waals surface area contributed by atoms with Crippen LogP contribution in [0, 0.1) is 5.82 Å². The van der Waals surface area contributed by atoms with E-state index in [-0.39, 0.29) is 21.6 Å². The van der Waals surface area contributed by atoms with Crippen molar-refractivity contribution in [1.29, 1.82) is 0 Å². The zero-order valence-corrected chi connectivity index (χ0v) is 32.6. The molecule has 28 heteroatoms. The van der Waals surface area contributed by atoms with E-state index in [2.05, 4.69) is 15.0 Å². The first kappa shape index (κ1) is 46.8. The number of sulfone groups is 1. The topological polar surface area (TPSA) is 193 Å². The molecule has 0 atom stereocenters. The van der Waals surface area contributed by atoms with Crippen molar-refractivity contribution in [2.24, 2.45) is 19.3 Å². The van der Waals surface area contributed by atoms with Gasteiger partial charge in [0.2, 0.25) is 5.88 Å². The largest absolute Gasteiger partial charge is 0.435 e. The van der Waals surface area contributed by atoms with E-state index in [4.69, 9.17) is 16.4 Å². The monoisotopic (exact) mass is 891 g/mol. The molecule has 0 radical (unpaired) electrons. The second-order valence-electron chi connectivity index (χ2n) is 12.8. The van der Waals surface area contributed by atoms with Crippen LogP contribution in [-0.2, 0) is 57.1 Å². The molecule has 16 nitrogen and oxygen atoms in total. The van der Waals surface area contributed by atoms with E-state index in [0.717, 1.165) is 18.4 Å². The summed E-state index contributed by atoms with van der Waals surface area (Å²) >= 11 is 5.82. The first-order valence-corrected chi connectivity index (χ1v) is 18.9. The van der Waals surface area contributed by atoms with Crippen LogP contribution in [0.1, 0.15) is 61.4 Å². The van der Waals surface area contributed by atoms with Gasteiger partial charge in [-0.1, -0.05) is 16.8 Å². The van der Waals surface area contributed by atoms with Crippen LogP contribution in [0.2, 0.25) is 5.02 Å². The molecule has 0 unspecified atom stereocenters. The molecule has 318 valence electrons.